The van der Waals surface area contributed by atoms with Gasteiger partial charge in [0.05, 0.1) is 18.4 Å². The average Bonchev–Trinajstić information content (AvgIpc) is 3.37. The molecule has 3 aromatic heterocycles. The molecule has 1 N–H and O–H groups in total. The van der Waals surface area contributed by atoms with Crippen molar-refractivity contribution in [2.45, 2.75) is 18.9 Å². The van der Waals surface area contributed by atoms with E-state index in [0.717, 1.165) is 4.88 Å². The summed E-state index contributed by atoms with van der Waals surface area (Å²) in [4.78, 5) is 13.6. The molecule has 1 saturated heterocycles. The first-order valence-corrected chi connectivity index (χ1v) is 11.2. The highest BCUT2D eigenvalue weighted by atomic mass is 32.2. The van der Waals surface area contributed by atoms with Gasteiger partial charge in [-0.15, -0.1) is 21.5 Å². The summed E-state index contributed by atoms with van der Waals surface area (Å²) in [5.74, 6) is 0.470. The fourth-order valence-electron chi connectivity index (χ4n) is 3.24. The molecule has 27 heavy (non-hydrogen) atoms. The molecule has 0 radical (unpaired) electrons. The number of fused-ring (bicyclic) bond motifs is 1. The maximum atomic E-state index is 12.5. The highest BCUT2D eigenvalue weighted by Gasteiger charge is 2.32. The van der Waals surface area contributed by atoms with E-state index in [0.29, 0.717) is 43.1 Å². The average molecular weight is 406 g/mol. The van der Waals surface area contributed by atoms with Crippen LogP contribution in [0.5, 0.6) is 0 Å². The molecule has 1 aliphatic rings. The predicted octanol–water partition coefficient (Wildman–Crippen LogP) is 1.47. The molecular formula is C17H19N5O3S2. The Morgan fingerprint density at radius 2 is 2.19 bits per heavy atom. The summed E-state index contributed by atoms with van der Waals surface area (Å²) in [6, 6.07) is 7.39. The highest BCUT2D eigenvalue weighted by Crippen LogP contribution is 2.27. The topological polar surface area (TPSA) is 96.7 Å². The number of hydrogen-bond acceptors (Lipinski definition) is 6. The van der Waals surface area contributed by atoms with Gasteiger partial charge < -0.3 is 5.32 Å². The fourth-order valence-corrected chi connectivity index (χ4v) is 4.78. The Morgan fingerprint density at radius 1 is 1.33 bits per heavy atom. The fraction of sp³-hybridized carbons (Fsp3) is 0.353. The first-order chi connectivity index (χ1) is 12.9. The zero-order chi connectivity index (χ0) is 19.0. The number of sulfonamides is 1. The lowest BCUT2D eigenvalue weighted by Gasteiger charge is -2.12. The zero-order valence-electron chi connectivity index (χ0n) is 14.7. The van der Waals surface area contributed by atoms with E-state index in [4.69, 9.17) is 0 Å². The van der Waals surface area contributed by atoms with Gasteiger partial charge >= 0.3 is 0 Å². The molecular weight excluding hydrogens is 386 g/mol. The molecule has 0 bridgehead atoms. The molecule has 10 heteroatoms. The second-order valence-electron chi connectivity index (χ2n) is 6.57. The van der Waals surface area contributed by atoms with Crippen LogP contribution in [-0.2, 0) is 16.6 Å². The molecule has 1 atom stereocenters. The van der Waals surface area contributed by atoms with Crippen molar-refractivity contribution in [1.82, 2.24) is 24.2 Å². The van der Waals surface area contributed by atoms with Gasteiger partial charge in [-0.3, -0.25) is 9.20 Å². The van der Waals surface area contributed by atoms with Crippen molar-refractivity contribution in [2.24, 2.45) is 0 Å². The van der Waals surface area contributed by atoms with Crippen LogP contribution in [0.15, 0.2) is 35.8 Å². The van der Waals surface area contributed by atoms with Gasteiger partial charge in [-0.1, -0.05) is 6.07 Å². The smallest absolute Gasteiger partial charge is 0.253 e. The van der Waals surface area contributed by atoms with E-state index in [-0.39, 0.29) is 11.8 Å². The summed E-state index contributed by atoms with van der Waals surface area (Å²) >= 11 is 1.59. The lowest BCUT2D eigenvalue weighted by molar-refractivity contribution is 0.0951. The summed E-state index contributed by atoms with van der Waals surface area (Å²) in [6.45, 7) is 1.34. The molecule has 0 saturated carbocycles. The molecule has 3 aromatic rings. The SMILES string of the molecule is CS(=O)(=O)N1CCC(c2nnc3ccc(C(=O)NCc4cccs4)cn23)C1. The Labute approximate surface area is 160 Å². The van der Waals surface area contributed by atoms with Crippen LogP contribution < -0.4 is 5.32 Å². The molecule has 0 aromatic carbocycles. The molecule has 1 amide bonds. The lowest BCUT2D eigenvalue weighted by atomic mass is 10.1. The summed E-state index contributed by atoms with van der Waals surface area (Å²) in [5, 5.41) is 13.3. The maximum absolute atomic E-state index is 12.5. The standard InChI is InChI=1S/C17H19N5O3S2/c1-27(24,25)21-7-6-12(10-21)16-20-19-15-5-4-13(11-22(15)16)17(23)18-9-14-3-2-8-26-14/h2-5,8,11-12H,6-7,9-10H2,1H3,(H,18,23). The second-order valence-corrected chi connectivity index (χ2v) is 9.59. The van der Waals surface area contributed by atoms with Gasteiger partial charge in [0.15, 0.2) is 5.65 Å². The number of pyridine rings is 1. The Hall–Kier alpha value is -2.30. The quantitative estimate of drug-likeness (QED) is 0.693. The van der Waals surface area contributed by atoms with Crippen molar-refractivity contribution in [3.05, 3.63) is 52.1 Å². The number of aromatic nitrogens is 3. The molecule has 0 aliphatic carbocycles. The summed E-state index contributed by atoms with van der Waals surface area (Å²) in [6.07, 6.45) is 3.62. The first-order valence-electron chi connectivity index (χ1n) is 8.52. The summed E-state index contributed by atoms with van der Waals surface area (Å²) in [7, 11) is -3.22. The number of rotatable bonds is 5. The second kappa shape index (κ2) is 7.02. The Morgan fingerprint density at radius 3 is 2.89 bits per heavy atom. The van der Waals surface area contributed by atoms with Gasteiger partial charge in [0.1, 0.15) is 5.82 Å². The summed E-state index contributed by atoms with van der Waals surface area (Å²) in [5.41, 5.74) is 1.15. The van der Waals surface area contributed by atoms with Crippen LogP contribution in [0, 0.1) is 0 Å². The van der Waals surface area contributed by atoms with Crippen LogP contribution in [0.25, 0.3) is 5.65 Å². The predicted molar refractivity (Wildman–Crippen MR) is 102 cm³/mol. The number of nitrogens with one attached hydrogen (secondary N) is 1. The minimum absolute atomic E-state index is 0.0424. The van der Waals surface area contributed by atoms with Gasteiger partial charge in [-0.2, -0.15) is 0 Å². The van der Waals surface area contributed by atoms with Crippen molar-refractivity contribution in [1.29, 1.82) is 0 Å². The largest absolute Gasteiger partial charge is 0.347 e. The van der Waals surface area contributed by atoms with E-state index < -0.39 is 10.0 Å². The van der Waals surface area contributed by atoms with Crippen LogP contribution in [0.1, 0.15) is 33.4 Å². The number of amides is 1. The van der Waals surface area contributed by atoms with Gasteiger partial charge in [0, 0.05) is 30.1 Å². The van der Waals surface area contributed by atoms with Crippen molar-refractivity contribution in [2.75, 3.05) is 19.3 Å². The van der Waals surface area contributed by atoms with E-state index in [1.807, 2.05) is 17.5 Å². The van der Waals surface area contributed by atoms with Gasteiger partial charge in [0.2, 0.25) is 10.0 Å². The first kappa shape index (κ1) is 18.1. The van der Waals surface area contributed by atoms with E-state index in [1.54, 1.807) is 34.1 Å². The Bertz CT molecular complexity index is 1080. The van der Waals surface area contributed by atoms with Crippen LogP contribution in [0.3, 0.4) is 0 Å². The van der Waals surface area contributed by atoms with Crippen molar-refractivity contribution < 1.29 is 13.2 Å². The minimum atomic E-state index is -3.22. The molecule has 1 unspecified atom stereocenters. The minimum Gasteiger partial charge on any atom is -0.347 e. The number of thiophene rings is 1. The van der Waals surface area contributed by atoms with Gasteiger partial charge in [-0.25, -0.2) is 12.7 Å². The Balaban J connectivity index is 1.55. The van der Waals surface area contributed by atoms with Crippen LogP contribution in [0.4, 0.5) is 0 Å². The number of nitrogens with zero attached hydrogens (tertiary/aromatic N) is 4. The number of hydrogen-bond donors (Lipinski definition) is 1. The van der Waals surface area contributed by atoms with Crippen LogP contribution in [0.2, 0.25) is 0 Å². The van der Waals surface area contributed by atoms with Crippen molar-refractivity contribution in [3.8, 4) is 0 Å². The lowest BCUT2D eigenvalue weighted by Crippen LogP contribution is -2.27. The number of carbonyl (C=O) groups is 1. The van der Waals surface area contributed by atoms with E-state index >= 15 is 0 Å². The van der Waals surface area contributed by atoms with Gasteiger partial charge in [-0.05, 0) is 30.0 Å². The zero-order valence-corrected chi connectivity index (χ0v) is 16.3. The highest BCUT2D eigenvalue weighted by molar-refractivity contribution is 7.88. The van der Waals surface area contributed by atoms with Crippen molar-refractivity contribution >= 4 is 32.9 Å². The molecule has 4 heterocycles. The van der Waals surface area contributed by atoms with Crippen LogP contribution >= 0.6 is 11.3 Å². The Kier molecular flexibility index (Phi) is 4.70. The normalized spacial score (nSPS) is 18.2. The molecule has 1 fully saturated rings. The molecule has 0 spiro atoms. The molecule has 4 rings (SSSR count). The van der Waals surface area contributed by atoms with E-state index in [9.17, 15) is 13.2 Å². The third-order valence-electron chi connectivity index (χ3n) is 4.68. The van der Waals surface area contributed by atoms with Crippen LogP contribution in [-0.4, -0.2) is 52.6 Å². The van der Waals surface area contributed by atoms with Gasteiger partial charge in [0.25, 0.3) is 5.91 Å². The third kappa shape index (κ3) is 3.73. The monoisotopic (exact) mass is 405 g/mol. The maximum Gasteiger partial charge on any atom is 0.253 e. The van der Waals surface area contributed by atoms with Crippen molar-refractivity contribution in [3.63, 3.8) is 0 Å². The molecule has 8 nitrogen and oxygen atoms in total. The van der Waals surface area contributed by atoms with E-state index in [2.05, 4.69) is 15.5 Å². The number of carbonyl (C=O) groups excluding carboxylic acids is 1. The third-order valence-corrected chi connectivity index (χ3v) is 6.83. The molecule has 142 valence electrons. The summed E-state index contributed by atoms with van der Waals surface area (Å²) < 4.78 is 26.8. The molecule has 1 aliphatic heterocycles. The van der Waals surface area contributed by atoms with E-state index in [1.165, 1.54) is 10.6 Å².